The van der Waals surface area contributed by atoms with Gasteiger partial charge in [-0.2, -0.15) is 0 Å². The second kappa shape index (κ2) is 4.00. The molecular formula is C11H20N2O2. The quantitative estimate of drug-likeness (QED) is 0.710. The van der Waals surface area contributed by atoms with Crippen molar-refractivity contribution in [1.82, 2.24) is 10.2 Å². The van der Waals surface area contributed by atoms with Crippen LogP contribution in [-0.4, -0.2) is 44.3 Å². The number of nitrogens with zero attached hydrogens (tertiary/aromatic N) is 1. The van der Waals surface area contributed by atoms with Gasteiger partial charge in [0.2, 0.25) is 0 Å². The molecule has 1 unspecified atom stereocenters. The number of hydrogen-bond acceptors (Lipinski definition) is 2. The third-order valence-corrected chi connectivity index (χ3v) is 3.86. The van der Waals surface area contributed by atoms with Gasteiger partial charge in [0.25, 0.3) is 0 Å². The molecule has 2 fully saturated rings. The molecule has 0 aromatic heterocycles. The molecule has 0 radical (unpaired) electrons. The van der Waals surface area contributed by atoms with Crippen LogP contribution >= 0.6 is 0 Å². The molecule has 1 aliphatic heterocycles. The van der Waals surface area contributed by atoms with Crippen molar-refractivity contribution in [2.24, 2.45) is 5.41 Å². The number of amides is 2. The normalized spacial score (nSPS) is 28.3. The molecule has 2 aliphatic rings. The van der Waals surface area contributed by atoms with Crippen LogP contribution in [-0.2, 0) is 4.74 Å². The molecule has 4 heteroatoms. The van der Waals surface area contributed by atoms with E-state index in [1.54, 1.807) is 19.0 Å². The number of carbonyl (C=O) groups is 1. The number of carbonyl (C=O) groups excluding carboxylic acids is 1. The van der Waals surface area contributed by atoms with E-state index in [0.717, 1.165) is 32.5 Å². The van der Waals surface area contributed by atoms with Gasteiger partial charge < -0.3 is 15.0 Å². The maximum atomic E-state index is 11.6. The van der Waals surface area contributed by atoms with E-state index in [1.807, 2.05) is 0 Å². The van der Waals surface area contributed by atoms with Gasteiger partial charge in [0, 0.05) is 33.4 Å². The van der Waals surface area contributed by atoms with Gasteiger partial charge in [-0.25, -0.2) is 4.79 Å². The highest BCUT2D eigenvalue weighted by Crippen LogP contribution is 2.48. The van der Waals surface area contributed by atoms with Crippen molar-refractivity contribution in [1.29, 1.82) is 0 Å². The molecule has 0 bridgehead atoms. The van der Waals surface area contributed by atoms with E-state index < -0.39 is 0 Å². The van der Waals surface area contributed by atoms with Gasteiger partial charge in [-0.05, 0) is 31.1 Å². The fraction of sp³-hybridized carbons (Fsp3) is 0.909. The first-order valence-corrected chi connectivity index (χ1v) is 5.70. The molecule has 1 saturated heterocycles. The van der Waals surface area contributed by atoms with Crippen LogP contribution in [0.4, 0.5) is 4.79 Å². The van der Waals surface area contributed by atoms with Gasteiger partial charge >= 0.3 is 6.03 Å². The predicted octanol–water partition coefficient (Wildman–Crippen LogP) is 1.22. The Kier molecular flexibility index (Phi) is 2.87. The zero-order valence-electron chi connectivity index (χ0n) is 9.58. The SMILES string of the molecule is CN(C)C(=O)NC1CCC12CCOCC2. The summed E-state index contributed by atoms with van der Waals surface area (Å²) in [5.41, 5.74) is 0.351. The van der Waals surface area contributed by atoms with Crippen molar-refractivity contribution in [2.75, 3.05) is 27.3 Å². The van der Waals surface area contributed by atoms with E-state index >= 15 is 0 Å². The largest absolute Gasteiger partial charge is 0.381 e. The Bertz CT molecular complexity index is 247. The molecule has 1 atom stereocenters. The van der Waals surface area contributed by atoms with Gasteiger partial charge in [-0.15, -0.1) is 0 Å². The summed E-state index contributed by atoms with van der Waals surface area (Å²) < 4.78 is 5.38. The van der Waals surface area contributed by atoms with Gasteiger partial charge in [0.1, 0.15) is 0 Å². The lowest BCUT2D eigenvalue weighted by molar-refractivity contribution is -0.0518. The van der Waals surface area contributed by atoms with Crippen molar-refractivity contribution in [3.63, 3.8) is 0 Å². The minimum atomic E-state index is 0.0329. The van der Waals surface area contributed by atoms with Crippen molar-refractivity contribution >= 4 is 6.03 Å². The summed E-state index contributed by atoms with van der Waals surface area (Å²) in [7, 11) is 3.56. The van der Waals surface area contributed by atoms with E-state index in [1.165, 1.54) is 6.42 Å². The average molecular weight is 212 g/mol. The van der Waals surface area contributed by atoms with Crippen LogP contribution in [0.3, 0.4) is 0 Å². The highest BCUT2D eigenvalue weighted by Gasteiger charge is 2.48. The van der Waals surface area contributed by atoms with Gasteiger partial charge in [-0.3, -0.25) is 0 Å². The lowest BCUT2D eigenvalue weighted by Gasteiger charge is -2.52. The van der Waals surface area contributed by atoms with Gasteiger partial charge in [0.05, 0.1) is 0 Å². The average Bonchev–Trinajstić information content (AvgIpc) is 2.25. The Hall–Kier alpha value is -0.770. The lowest BCUT2D eigenvalue weighted by Crippen LogP contribution is -2.58. The molecule has 15 heavy (non-hydrogen) atoms. The Labute approximate surface area is 91.0 Å². The molecular weight excluding hydrogens is 192 g/mol. The summed E-state index contributed by atoms with van der Waals surface area (Å²) in [4.78, 5) is 13.2. The molecule has 4 nitrogen and oxygen atoms in total. The Morgan fingerprint density at radius 3 is 2.47 bits per heavy atom. The third-order valence-electron chi connectivity index (χ3n) is 3.86. The first-order valence-electron chi connectivity index (χ1n) is 5.70. The lowest BCUT2D eigenvalue weighted by atomic mass is 9.60. The highest BCUT2D eigenvalue weighted by molar-refractivity contribution is 5.74. The topological polar surface area (TPSA) is 41.6 Å². The molecule has 1 aliphatic carbocycles. The van der Waals surface area contributed by atoms with E-state index in [4.69, 9.17) is 4.74 Å². The summed E-state index contributed by atoms with van der Waals surface area (Å²) in [6, 6.07) is 0.405. The van der Waals surface area contributed by atoms with Gasteiger partial charge in [-0.1, -0.05) is 0 Å². The van der Waals surface area contributed by atoms with E-state index in [0.29, 0.717) is 11.5 Å². The van der Waals surface area contributed by atoms with Crippen molar-refractivity contribution in [3.8, 4) is 0 Å². The van der Waals surface area contributed by atoms with E-state index in [-0.39, 0.29) is 6.03 Å². The smallest absolute Gasteiger partial charge is 0.317 e. The molecule has 2 amide bonds. The Morgan fingerprint density at radius 2 is 2.00 bits per heavy atom. The van der Waals surface area contributed by atoms with E-state index in [2.05, 4.69) is 5.32 Å². The summed E-state index contributed by atoms with van der Waals surface area (Å²) in [6.45, 7) is 1.71. The van der Waals surface area contributed by atoms with Crippen LogP contribution in [0.1, 0.15) is 25.7 Å². The fourth-order valence-electron chi connectivity index (χ4n) is 2.58. The van der Waals surface area contributed by atoms with Crippen LogP contribution in [0.5, 0.6) is 0 Å². The summed E-state index contributed by atoms with van der Waals surface area (Å²) in [5, 5.41) is 3.11. The Balaban J connectivity index is 1.90. The minimum absolute atomic E-state index is 0.0329. The molecule has 1 saturated carbocycles. The first kappa shape index (κ1) is 10.7. The molecule has 0 aromatic rings. The zero-order valence-corrected chi connectivity index (χ0v) is 9.58. The van der Waals surface area contributed by atoms with Crippen molar-refractivity contribution < 1.29 is 9.53 Å². The first-order chi connectivity index (χ1) is 7.14. The van der Waals surface area contributed by atoms with Crippen LogP contribution < -0.4 is 5.32 Å². The molecule has 1 heterocycles. The molecule has 1 spiro atoms. The number of rotatable bonds is 1. The molecule has 86 valence electrons. The third kappa shape index (κ3) is 1.95. The molecule has 0 aromatic carbocycles. The van der Waals surface area contributed by atoms with Crippen LogP contribution in [0.15, 0.2) is 0 Å². The molecule has 1 N–H and O–H groups in total. The number of hydrogen-bond donors (Lipinski definition) is 1. The van der Waals surface area contributed by atoms with Crippen LogP contribution in [0, 0.1) is 5.41 Å². The van der Waals surface area contributed by atoms with Gasteiger partial charge in [0.15, 0.2) is 0 Å². The van der Waals surface area contributed by atoms with Crippen LogP contribution in [0.25, 0.3) is 0 Å². The van der Waals surface area contributed by atoms with Crippen LogP contribution in [0.2, 0.25) is 0 Å². The summed E-state index contributed by atoms with van der Waals surface area (Å²) >= 11 is 0. The fourth-order valence-corrected chi connectivity index (χ4v) is 2.58. The second-order valence-corrected chi connectivity index (χ2v) is 4.91. The number of ether oxygens (including phenoxy) is 1. The Morgan fingerprint density at radius 1 is 1.33 bits per heavy atom. The monoisotopic (exact) mass is 212 g/mol. The van der Waals surface area contributed by atoms with Crippen molar-refractivity contribution in [3.05, 3.63) is 0 Å². The maximum absolute atomic E-state index is 11.6. The maximum Gasteiger partial charge on any atom is 0.317 e. The predicted molar refractivity (Wildman–Crippen MR) is 57.7 cm³/mol. The number of urea groups is 1. The summed E-state index contributed by atoms with van der Waals surface area (Å²) in [5.74, 6) is 0. The van der Waals surface area contributed by atoms with Crippen molar-refractivity contribution in [2.45, 2.75) is 31.7 Å². The highest BCUT2D eigenvalue weighted by atomic mass is 16.5. The minimum Gasteiger partial charge on any atom is -0.381 e. The zero-order chi connectivity index (χ0) is 10.9. The molecule has 2 rings (SSSR count). The van der Waals surface area contributed by atoms with E-state index in [9.17, 15) is 4.79 Å². The number of nitrogens with one attached hydrogen (secondary N) is 1. The second-order valence-electron chi connectivity index (χ2n) is 4.91. The summed E-state index contributed by atoms with van der Waals surface area (Å²) in [6.07, 6.45) is 4.57. The standard InChI is InChI=1S/C11H20N2O2/c1-13(2)10(14)12-9-3-4-11(9)5-7-15-8-6-11/h9H,3-8H2,1-2H3,(H,12,14).